The number of carboxylic acid groups (broad SMARTS) is 2. The van der Waals surface area contributed by atoms with Crippen LogP contribution in [-0.4, -0.2) is 74.1 Å². The van der Waals surface area contributed by atoms with E-state index >= 15 is 0 Å². The van der Waals surface area contributed by atoms with Gasteiger partial charge >= 0.3 is 17.9 Å². The molecule has 75 heavy (non-hydrogen) atoms. The fourth-order valence-corrected chi connectivity index (χ4v) is 10.5. The second kappa shape index (κ2) is 33.1. The Morgan fingerprint density at radius 2 is 0.840 bits per heavy atom. The lowest BCUT2D eigenvalue weighted by Gasteiger charge is -2.19. The molecule has 0 aliphatic heterocycles. The smallest absolute Gasteiger partial charge is 0.338 e. The Kier molecular flexibility index (Phi) is 27.1. The Morgan fingerprint density at radius 3 is 1.21 bits per heavy atom. The van der Waals surface area contributed by atoms with E-state index in [-0.39, 0.29) is 28.2 Å². The van der Waals surface area contributed by atoms with Crippen molar-refractivity contribution in [2.24, 2.45) is 0 Å². The molecule has 0 saturated carbocycles. The second-order valence-corrected chi connectivity index (χ2v) is 20.9. The second-order valence-electron chi connectivity index (χ2n) is 15.7. The topological polar surface area (TPSA) is 307 Å². The quantitative estimate of drug-likeness (QED) is 0.0108. The molecule has 402 valence electrons. The number of ether oxygens (including phenoxy) is 1. The van der Waals surface area contributed by atoms with Crippen LogP contribution in [0, 0.1) is 0 Å². The predicted molar refractivity (Wildman–Crippen MR) is 299 cm³/mol. The molecule has 0 heterocycles. The molecule has 3 atom stereocenters. The number of nitrogens with two attached hydrogens (primary N) is 1. The van der Waals surface area contributed by atoms with Crippen LogP contribution in [0.3, 0.4) is 0 Å². The number of carbonyl (C=O) groups is 3. The van der Waals surface area contributed by atoms with E-state index in [1.54, 1.807) is 6.07 Å². The monoisotopic (exact) mass is 1140 g/mol. The summed E-state index contributed by atoms with van der Waals surface area (Å²) in [5.41, 5.74) is 8.30. The van der Waals surface area contributed by atoms with Gasteiger partial charge in [0.15, 0.2) is 0 Å². The van der Waals surface area contributed by atoms with Gasteiger partial charge in [-0.1, -0.05) is 130 Å². The van der Waals surface area contributed by atoms with Crippen molar-refractivity contribution in [3.8, 4) is 0 Å². The van der Waals surface area contributed by atoms with Crippen molar-refractivity contribution in [2.75, 3.05) is 50.2 Å². The van der Waals surface area contributed by atoms with E-state index in [2.05, 4.69) is 38.6 Å². The number of carboxylic acids is 2. The summed E-state index contributed by atoms with van der Waals surface area (Å²) in [5, 5.41) is 24.9. The lowest BCUT2D eigenvalue weighted by Crippen LogP contribution is -2.12. The third kappa shape index (κ3) is 21.6. The van der Waals surface area contributed by atoms with Gasteiger partial charge in [0, 0.05) is 67.3 Å². The molecular weight excluding hydrogens is 1080 g/mol. The lowest BCUT2D eigenvalue weighted by molar-refractivity contribution is 0.0498. The first-order valence-electron chi connectivity index (χ1n) is 23.2. The highest BCUT2D eigenvalue weighted by molar-refractivity contribution is 8.00. The number of hydrogen-bond donors (Lipinski definition) is 8. The number of anilines is 6. The first kappa shape index (κ1) is 61.5. The highest BCUT2D eigenvalue weighted by Crippen LogP contribution is 2.43. The van der Waals surface area contributed by atoms with E-state index in [0.29, 0.717) is 57.0 Å². The molecule has 6 aromatic rings. The number of unbranched alkanes of at least 4 members (excludes halogenated alkanes) is 3. The van der Waals surface area contributed by atoms with Gasteiger partial charge in [0.05, 0.1) is 66.4 Å². The van der Waals surface area contributed by atoms with Gasteiger partial charge in [-0.2, -0.15) is 0 Å². The van der Waals surface area contributed by atoms with E-state index < -0.39 is 51.7 Å². The molecule has 0 aromatic heterocycles. The molecule has 0 aliphatic rings. The molecular formula is C51H57N6O12S6-3. The Labute approximate surface area is 456 Å². The van der Waals surface area contributed by atoms with E-state index in [1.807, 2.05) is 97.9 Å². The number of benzene rings is 6. The van der Waals surface area contributed by atoms with E-state index in [0.717, 1.165) is 53.2 Å². The largest absolute Gasteiger partial charge is 0.755 e. The van der Waals surface area contributed by atoms with Crippen LogP contribution >= 0.6 is 35.3 Å². The molecule has 6 aromatic carbocycles. The first-order chi connectivity index (χ1) is 36.0. The molecule has 0 bridgehead atoms. The van der Waals surface area contributed by atoms with E-state index in [1.165, 1.54) is 65.6 Å². The zero-order valence-electron chi connectivity index (χ0n) is 41.0. The molecule has 3 unspecified atom stereocenters. The highest BCUT2D eigenvalue weighted by Gasteiger charge is 2.19. The number of esters is 1. The third-order valence-electron chi connectivity index (χ3n) is 9.92. The minimum Gasteiger partial charge on any atom is -0.755 e. The van der Waals surface area contributed by atoms with Gasteiger partial charge in [0.1, 0.15) is 0 Å². The number of hydrogen-bond acceptors (Lipinski definition) is 16. The fraction of sp³-hybridized carbons (Fsp3) is 0.235. The maximum Gasteiger partial charge on any atom is 0.338 e. The Bertz CT molecular complexity index is 2870. The van der Waals surface area contributed by atoms with Crippen molar-refractivity contribution in [3.05, 3.63) is 144 Å². The predicted octanol–water partition coefficient (Wildman–Crippen LogP) is 11.5. The summed E-state index contributed by atoms with van der Waals surface area (Å²) in [6, 6.07) is 37.0. The van der Waals surface area contributed by atoms with Crippen LogP contribution in [0.2, 0.25) is 0 Å². The van der Waals surface area contributed by atoms with Crippen LogP contribution in [0.4, 0.5) is 34.1 Å². The van der Waals surface area contributed by atoms with E-state index in [9.17, 15) is 45.8 Å². The van der Waals surface area contributed by atoms with Crippen LogP contribution in [0.1, 0.15) is 90.4 Å². The molecule has 0 amide bonds. The van der Waals surface area contributed by atoms with Crippen LogP contribution in [0.15, 0.2) is 157 Å². The molecule has 0 fully saturated rings. The number of rotatable bonds is 26. The number of nitrogens with one attached hydrogen (secondary N) is 5. The van der Waals surface area contributed by atoms with Crippen LogP contribution in [-0.2, 0) is 38.5 Å². The number of aromatic carboxylic acids is 2. The molecule has 6 rings (SSSR count). The molecule has 0 spiro atoms. The van der Waals surface area contributed by atoms with Crippen LogP contribution < -0.4 is 30.5 Å². The first-order valence-corrected chi connectivity index (χ1v) is 28.9. The fourth-order valence-electron chi connectivity index (χ4n) is 6.38. The Balaban J connectivity index is 0.000000246. The van der Waals surface area contributed by atoms with Crippen molar-refractivity contribution >= 4 is 121 Å². The summed E-state index contributed by atoms with van der Waals surface area (Å²) in [5.74, 6) is -2.76. The minimum absolute atomic E-state index is 0.0179. The summed E-state index contributed by atoms with van der Waals surface area (Å²) in [7, 11) is 0. The van der Waals surface area contributed by atoms with E-state index in [4.69, 9.17) is 15.6 Å². The number of carbonyl (C=O) groups excluding carboxylic acids is 1. The zero-order valence-corrected chi connectivity index (χ0v) is 45.9. The summed E-state index contributed by atoms with van der Waals surface area (Å²) in [4.78, 5) is 39.4. The molecule has 18 nitrogen and oxygen atoms in total. The van der Waals surface area contributed by atoms with Gasteiger partial charge in [-0.05, 0) is 92.1 Å². The molecule has 0 radical (unpaired) electrons. The summed E-state index contributed by atoms with van der Waals surface area (Å²) in [6.07, 6.45) is 5.58. The summed E-state index contributed by atoms with van der Waals surface area (Å²) < 4.78 is 79.0. The lowest BCUT2D eigenvalue weighted by atomic mass is 10.1. The Hall–Kier alpha value is -6.09. The van der Waals surface area contributed by atoms with Crippen molar-refractivity contribution in [2.45, 2.75) is 88.7 Å². The summed E-state index contributed by atoms with van der Waals surface area (Å²) >= 11 is -3.60. The summed E-state index contributed by atoms with van der Waals surface area (Å²) in [6.45, 7) is 7.89. The third-order valence-corrected chi connectivity index (χ3v) is 14.5. The highest BCUT2D eigenvalue weighted by atomic mass is 32.2. The van der Waals surface area contributed by atoms with Gasteiger partial charge in [-0.3, -0.25) is 12.6 Å². The van der Waals surface area contributed by atoms with Gasteiger partial charge in [-0.25, -0.2) is 14.4 Å². The van der Waals surface area contributed by atoms with Gasteiger partial charge in [0.25, 0.3) is 0 Å². The van der Waals surface area contributed by atoms with Gasteiger partial charge < -0.3 is 59.1 Å². The average molecular weight is 1140 g/mol. The van der Waals surface area contributed by atoms with Crippen LogP contribution in [0.25, 0.3) is 0 Å². The van der Waals surface area contributed by atoms with Crippen molar-refractivity contribution < 1.29 is 55.6 Å². The molecule has 0 aliphatic carbocycles. The molecule has 0 saturated heterocycles. The normalized spacial score (nSPS) is 11.8. The SMILES string of the molecule is CCCCNc1cc(C(=O)O)cc(NS(=O)[O-])c1Sc1ccccc1.CCCCNc1cc(C(=O)OCCCC)cc(NS(=O)[O-])c1Sc1ccccc1.Nc1cc(C(=O)O)cc(NS(=O)[O-])c1Sc1ccccc1. The standard InChI is InChI=1S/C21H28N2O4S2.C17H20N2O4S2.C13H12N2O4S2/c1-3-5-12-22-18-14-16(21(24)27-13-6-4-2)15-19(23-29(25)26)20(18)28-17-10-8-7-9-11-17;1-2-3-9-18-14-10-12(17(20)21)11-15(19-25(22)23)16(14)24-13-7-5-4-6-8-13;14-10-6-8(13(16)17)7-11(15-21(18)19)12(10)20-9-4-2-1-3-5-9/h7-11,14-15,22-23H,3-6,12-13H2,1-2H3,(H,25,26);4-8,10-11,18-19H,2-3,9H2,1H3,(H,20,21)(H,22,23);1-7,15H,14H2,(H,16,17)(H,18,19)/p-3. The van der Waals surface area contributed by atoms with Crippen molar-refractivity contribution in [1.82, 2.24) is 0 Å². The Morgan fingerprint density at radius 1 is 0.507 bits per heavy atom. The van der Waals surface area contributed by atoms with Crippen molar-refractivity contribution in [1.29, 1.82) is 0 Å². The maximum atomic E-state index is 12.5. The van der Waals surface area contributed by atoms with Gasteiger partial charge in [-0.15, -0.1) is 0 Å². The van der Waals surface area contributed by atoms with Crippen LogP contribution in [0.5, 0.6) is 0 Å². The molecule has 24 heteroatoms. The molecule has 9 N–H and O–H groups in total. The average Bonchev–Trinajstić information content (AvgIpc) is 3.37. The van der Waals surface area contributed by atoms with Gasteiger partial charge in [0.2, 0.25) is 0 Å². The maximum absolute atomic E-state index is 12.5. The zero-order chi connectivity index (χ0) is 54.7. The van der Waals surface area contributed by atoms with Crippen molar-refractivity contribution in [3.63, 3.8) is 0 Å². The number of nitrogen functional groups attached to an aromatic ring is 1. The minimum atomic E-state index is -2.58.